The highest BCUT2D eigenvalue weighted by Gasteiger charge is 2.26. The van der Waals surface area contributed by atoms with Crippen molar-refractivity contribution in [1.82, 2.24) is 9.66 Å². The molecule has 0 radical (unpaired) electrons. The number of benzene rings is 2. The third-order valence-electron chi connectivity index (χ3n) is 6.28. The number of hydrogen-bond acceptors (Lipinski definition) is 8. The molecule has 3 aromatic rings. The Hall–Kier alpha value is -3.31. The fourth-order valence-corrected chi connectivity index (χ4v) is 5.07. The number of esters is 1. The predicted molar refractivity (Wildman–Crippen MR) is 147 cm³/mol. The highest BCUT2D eigenvalue weighted by atomic mass is 79.9. The minimum Gasteiger partial charge on any atom is -0.471 e. The quantitative estimate of drug-likeness (QED) is 0.134. The van der Waals surface area contributed by atoms with Gasteiger partial charge in [-0.05, 0) is 51.0 Å². The summed E-state index contributed by atoms with van der Waals surface area (Å²) in [7, 11) is 0. The van der Waals surface area contributed by atoms with Gasteiger partial charge in [0.2, 0.25) is 5.75 Å². The lowest BCUT2D eigenvalue weighted by Gasteiger charge is -2.22. The number of aromatic nitrogens is 2. The van der Waals surface area contributed by atoms with Crippen LogP contribution in [-0.4, -0.2) is 39.5 Å². The van der Waals surface area contributed by atoms with Gasteiger partial charge in [0.15, 0.2) is 6.10 Å². The van der Waals surface area contributed by atoms with E-state index in [0.29, 0.717) is 16.7 Å². The second-order valence-electron chi connectivity index (χ2n) is 8.95. The third-order valence-corrected chi connectivity index (χ3v) is 7.06. The van der Waals surface area contributed by atoms with E-state index >= 15 is 0 Å². The minimum atomic E-state index is -1.11. The molecule has 0 unspecified atom stereocenters. The molecule has 1 aliphatic rings. The van der Waals surface area contributed by atoms with Crippen LogP contribution in [0, 0.1) is 10.1 Å². The lowest BCUT2D eigenvalue weighted by molar-refractivity contribution is -0.386. The first-order valence-electron chi connectivity index (χ1n) is 12.3. The van der Waals surface area contributed by atoms with Gasteiger partial charge < -0.3 is 9.47 Å². The summed E-state index contributed by atoms with van der Waals surface area (Å²) in [5, 5.41) is 16.5. The van der Waals surface area contributed by atoms with Crippen LogP contribution in [0.1, 0.15) is 63.3 Å². The summed E-state index contributed by atoms with van der Waals surface area (Å²) in [5.41, 5.74) is 0.0715. The molecule has 38 heavy (non-hydrogen) atoms. The van der Waals surface area contributed by atoms with Crippen LogP contribution in [0.15, 0.2) is 44.7 Å². The molecule has 2 aromatic carbocycles. The highest BCUT2D eigenvalue weighted by Crippen LogP contribution is 2.37. The Kier molecular flexibility index (Phi) is 8.78. The van der Waals surface area contributed by atoms with Crippen molar-refractivity contribution in [2.24, 2.45) is 5.10 Å². The average molecular weight is 606 g/mol. The van der Waals surface area contributed by atoms with E-state index in [1.54, 1.807) is 19.1 Å². The maximum Gasteiger partial charge on any atom is 0.347 e. The van der Waals surface area contributed by atoms with Crippen molar-refractivity contribution in [3.8, 4) is 5.75 Å². The molecule has 12 heteroatoms. The van der Waals surface area contributed by atoms with Gasteiger partial charge in [-0.3, -0.25) is 14.9 Å². The van der Waals surface area contributed by atoms with E-state index in [1.165, 1.54) is 29.9 Å². The molecule has 0 spiro atoms. The largest absolute Gasteiger partial charge is 0.471 e. The molecule has 1 aromatic heterocycles. The van der Waals surface area contributed by atoms with E-state index in [4.69, 9.17) is 26.1 Å². The van der Waals surface area contributed by atoms with Gasteiger partial charge in [-0.15, -0.1) is 0 Å². The second kappa shape index (κ2) is 12.0. The van der Waals surface area contributed by atoms with Crippen molar-refractivity contribution in [1.29, 1.82) is 0 Å². The molecule has 1 saturated carbocycles. The molecule has 10 nitrogen and oxygen atoms in total. The Morgan fingerprint density at radius 3 is 2.74 bits per heavy atom. The summed E-state index contributed by atoms with van der Waals surface area (Å²) >= 11 is 9.74. The predicted octanol–water partition coefficient (Wildman–Crippen LogP) is 5.98. The number of rotatable bonds is 8. The molecule has 1 heterocycles. The summed E-state index contributed by atoms with van der Waals surface area (Å²) in [6, 6.07) is 7.96. The number of fused-ring (bicyclic) bond motifs is 1. The van der Waals surface area contributed by atoms with Crippen LogP contribution in [-0.2, 0) is 9.53 Å². The van der Waals surface area contributed by atoms with E-state index in [0.717, 1.165) is 36.6 Å². The maximum absolute atomic E-state index is 13.5. The number of nitro benzene ring substituents is 1. The van der Waals surface area contributed by atoms with Crippen LogP contribution >= 0.6 is 27.5 Å². The molecule has 1 fully saturated rings. The van der Waals surface area contributed by atoms with Gasteiger partial charge in [0.1, 0.15) is 5.82 Å². The maximum atomic E-state index is 13.5. The molecule has 0 saturated heterocycles. The normalized spacial score (nSPS) is 15.1. The van der Waals surface area contributed by atoms with Crippen molar-refractivity contribution >= 4 is 56.3 Å². The van der Waals surface area contributed by atoms with Crippen LogP contribution < -0.4 is 10.3 Å². The molecule has 0 N–H and O–H groups in total. The van der Waals surface area contributed by atoms with E-state index in [1.807, 2.05) is 6.07 Å². The average Bonchev–Trinajstić information content (AvgIpc) is 2.90. The van der Waals surface area contributed by atoms with Gasteiger partial charge in [-0.1, -0.05) is 46.8 Å². The van der Waals surface area contributed by atoms with E-state index in [2.05, 4.69) is 21.0 Å². The number of carbonyl (C=O) groups excluding carboxylic acids is 1. The number of carbonyl (C=O) groups is 1. The molecule has 200 valence electrons. The first-order valence-corrected chi connectivity index (χ1v) is 13.4. The highest BCUT2D eigenvalue weighted by molar-refractivity contribution is 9.10. The Morgan fingerprint density at radius 1 is 1.32 bits per heavy atom. The van der Waals surface area contributed by atoms with Gasteiger partial charge >= 0.3 is 11.7 Å². The summed E-state index contributed by atoms with van der Waals surface area (Å²) in [6.45, 7) is 3.20. The fourth-order valence-electron chi connectivity index (χ4n) is 4.44. The molecule has 1 aliphatic carbocycles. The molecule has 0 bridgehead atoms. The Bertz CT molecular complexity index is 1470. The molecular formula is C26H26BrClN4O6. The summed E-state index contributed by atoms with van der Waals surface area (Å²) < 4.78 is 12.4. The van der Waals surface area contributed by atoms with Crippen LogP contribution in [0.25, 0.3) is 10.9 Å². The molecule has 1 atom stereocenters. The zero-order valence-electron chi connectivity index (χ0n) is 20.9. The Balaban J connectivity index is 1.76. The summed E-state index contributed by atoms with van der Waals surface area (Å²) in [5.74, 6) is -0.301. The van der Waals surface area contributed by atoms with Crippen LogP contribution in [0.2, 0.25) is 5.02 Å². The van der Waals surface area contributed by atoms with Crippen molar-refractivity contribution in [2.75, 3.05) is 6.61 Å². The van der Waals surface area contributed by atoms with E-state index in [9.17, 15) is 19.7 Å². The zero-order chi connectivity index (χ0) is 27.4. The van der Waals surface area contributed by atoms with Gasteiger partial charge in [0, 0.05) is 22.0 Å². The van der Waals surface area contributed by atoms with Crippen LogP contribution in [0.3, 0.4) is 0 Å². The number of halogens is 2. The number of hydrogen-bond donors (Lipinski definition) is 0. The molecular weight excluding hydrogens is 580 g/mol. The third kappa shape index (κ3) is 6.05. The molecule has 4 rings (SSSR count). The fraction of sp³-hybridized carbons (Fsp3) is 0.385. The van der Waals surface area contributed by atoms with E-state index < -0.39 is 22.7 Å². The number of nitrogens with zero attached hydrogens (tertiary/aromatic N) is 4. The molecule has 0 aliphatic heterocycles. The van der Waals surface area contributed by atoms with Gasteiger partial charge in [-0.25, -0.2) is 9.78 Å². The second-order valence-corrected chi connectivity index (χ2v) is 10.3. The molecule has 0 amide bonds. The van der Waals surface area contributed by atoms with Crippen molar-refractivity contribution in [3.05, 3.63) is 71.7 Å². The Labute approximate surface area is 231 Å². The van der Waals surface area contributed by atoms with Gasteiger partial charge in [-0.2, -0.15) is 9.78 Å². The number of ether oxygens (including phenoxy) is 2. The van der Waals surface area contributed by atoms with Crippen molar-refractivity contribution < 1.29 is 19.2 Å². The van der Waals surface area contributed by atoms with Gasteiger partial charge in [0.05, 0.1) is 33.7 Å². The van der Waals surface area contributed by atoms with Crippen molar-refractivity contribution in [3.63, 3.8) is 0 Å². The first kappa shape index (κ1) is 27.7. The van der Waals surface area contributed by atoms with E-state index in [-0.39, 0.29) is 34.4 Å². The SMILES string of the molecule is CCOC(=O)[C@H](C)Oc1c(Cl)cc(C=Nn2c(C3CCCCC3)nc3ccc(Br)cc3c2=O)cc1[N+](=O)[O-]. The number of nitro groups is 1. The Morgan fingerprint density at radius 2 is 2.05 bits per heavy atom. The smallest absolute Gasteiger partial charge is 0.347 e. The summed E-state index contributed by atoms with van der Waals surface area (Å²) in [6.07, 6.45) is 5.22. The van der Waals surface area contributed by atoms with Gasteiger partial charge in [0.25, 0.3) is 5.56 Å². The van der Waals surface area contributed by atoms with Crippen LogP contribution in [0.5, 0.6) is 5.75 Å². The zero-order valence-corrected chi connectivity index (χ0v) is 23.2. The van der Waals surface area contributed by atoms with Crippen molar-refractivity contribution in [2.45, 2.75) is 58.0 Å². The minimum absolute atomic E-state index is 0.0692. The summed E-state index contributed by atoms with van der Waals surface area (Å²) in [4.78, 5) is 41.4. The lowest BCUT2D eigenvalue weighted by Crippen LogP contribution is -2.26. The lowest BCUT2D eigenvalue weighted by atomic mass is 9.88. The first-order chi connectivity index (χ1) is 18.2. The monoisotopic (exact) mass is 604 g/mol. The standard InChI is InChI=1S/C26H26BrClN4O6/c1-3-37-26(34)15(2)38-23-20(28)11-16(12-22(23)32(35)36)14-29-31-24(17-7-5-4-6-8-17)30-21-10-9-18(27)13-19(21)25(31)33/h9-15,17H,3-8H2,1-2H3/t15-/m0/s1. The van der Waals surface area contributed by atoms with Crippen LogP contribution in [0.4, 0.5) is 5.69 Å². The topological polar surface area (TPSA) is 126 Å².